The molecule has 0 amide bonds. The molecule has 0 saturated heterocycles. The summed E-state index contributed by atoms with van der Waals surface area (Å²) in [6.45, 7) is 0. The van der Waals surface area contributed by atoms with Gasteiger partial charge in [-0.25, -0.2) is 0 Å². The topological polar surface area (TPSA) is 0 Å². The molecule has 0 atom stereocenters. The molecule has 0 N–H and O–H groups in total. The lowest BCUT2D eigenvalue weighted by Crippen LogP contribution is -1.90. The van der Waals surface area contributed by atoms with Gasteiger partial charge in [-0.15, -0.1) is 0 Å². The minimum Gasteiger partial charge on any atom is -0.0616 e. The zero-order valence-electron chi connectivity index (χ0n) is 26.3. The zero-order chi connectivity index (χ0) is 31.6. The van der Waals surface area contributed by atoms with Gasteiger partial charge in [0.25, 0.3) is 0 Å². The third-order valence-corrected chi connectivity index (χ3v) is 10.2. The van der Waals surface area contributed by atoms with Crippen molar-refractivity contribution in [2.75, 3.05) is 0 Å². The van der Waals surface area contributed by atoms with Gasteiger partial charge < -0.3 is 0 Å². The maximum Gasteiger partial charge on any atom is -0.00990 e. The van der Waals surface area contributed by atoms with Gasteiger partial charge in [0.2, 0.25) is 0 Å². The minimum absolute atomic E-state index is 1.22. The summed E-state index contributed by atoms with van der Waals surface area (Å²) in [4.78, 5) is 0. The highest BCUT2D eigenvalue weighted by molar-refractivity contribution is 6.16. The van der Waals surface area contributed by atoms with Crippen molar-refractivity contribution < 1.29 is 0 Å². The van der Waals surface area contributed by atoms with Crippen LogP contribution >= 0.6 is 0 Å². The molecule has 10 rings (SSSR count). The van der Waals surface area contributed by atoms with Gasteiger partial charge in [-0.3, -0.25) is 0 Å². The Balaban J connectivity index is 1.28. The Morgan fingerprint density at radius 1 is 0.188 bits per heavy atom. The molecule has 0 radical (unpaired) electrons. The predicted octanol–water partition coefficient (Wildman–Crippen LogP) is 13.6. The summed E-state index contributed by atoms with van der Waals surface area (Å²) in [6.07, 6.45) is 0. The van der Waals surface area contributed by atoms with Crippen molar-refractivity contribution >= 4 is 64.6 Å². The Hall–Kier alpha value is -6.24. The van der Waals surface area contributed by atoms with Crippen LogP contribution in [0.1, 0.15) is 0 Å². The van der Waals surface area contributed by atoms with Crippen LogP contribution in [0.3, 0.4) is 0 Å². The SMILES string of the molecule is c1ccc2c(c1)ccc1c(-c3cc(-c4cccc5c4ccc4ccccc45)cc(-c4cccc5c4ccc4ccccc45)c3)cccc12. The molecule has 0 nitrogen and oxygen atoms in total. The first-order valence-corrected chi connectivity index (χ1v) is 16.7. The van der Waals surface area contributed by atoms with Gasteiger partial charge in [-0.05, 0) is 116 Å². The fourth-order valence-corrected chi connectivity index (χ4v) is 7.97. The van der Waals surface area contributed by atoms with Crippen molar-refractivity contribution in [2.45, 2.75) is 0 Å². The van der Waals surface area contributed by atoms with Gasteiger partial charge in [0, 0.05) is 0 Å². The van der Waals surface area contributed by atoms with E-state index >= 15 is 0 Å². The van der Waals surface area contributed by atoms with Crippen LogP contribution in [-0.2, 0) is 0 Å². The van der Waals surface area contributed by atoms with Crippen molar-refractivity contribution in [3.8, 4) is 33.4 Å². The van der Waals surface area contributed by atoms with E-state index in [1.807, 2.05) is 0 Å². The van der Waals surface area contributed by atoms with Crippen molar-refractivity contribution in [2.24, 2.45) is 0 Å². The largest absolute Gasteiger partial charge is 0.0616 e. The molecule has 222 valence electrons. The quantitative estimate of drug-likeness (QED) is 0.176. The number of hydrogen-bond acceptors (Lipinski definition) is 0. The molecule has 0 aromatic heterocycles. The van der Waals surface area contributed by atoms with E-state index in [9.17, 15) is 0 Å². The van der Waals surface area contributed by atoms with Crippen molar-refractivity contribution in [1.82, 2.24) is 0 Å². The normalized spacial score (nSPS) is 11.8. The Morgan fingerprint density at radius 2 is 0.479 bits per heavy atom. The van der Waals surface area contributed by atoms with E-state index < -0.39 is 0 Å². The van der Waals surface area contributed by atoms with Gasteiger partial charge in [0.1, 0.15) is 0 Å². The van der Waals surface area contributed by atoms with E-state index in [0.717, 1.165) is 0 Å². The zero-order valence-corrected chi connectivity index (χ0v) is 26.3. The molecule has 0 heteroatoms. The maximum atomic E-state index is 2.40. The summed E-state index contributed by atoms with van der Waals surface area (Å²) in [7, 11) is 0. The Labute approximate surface area is 279 Å². The Bertz CT molecular complexity index is 2560. The second-order valence-electron chi connectivity index (χ2n) is 12.9. The summed E-state index contributed by atoms with van der Waals surface area (Å²) in [5.74, 6) is 0. The lowest BCUT2D eigenvalue weighted by Gasteiger charge is -2.17. The third-order valence-electron chi connectivity index (χ3n) is 10.2. The highest BCUT2D eigenvalue weighted by Gasteiger charge is 2.15. The van der Waals surface area contributed by atoms with Crippen molar-refractivity contribution in [3.05, 3.63) is 182 Å². The summed E-state index contributed by atoms with van der Waals surface area (Å²) in [5.41, 5.74) is 7.41. The fraction of sp³-hybridized carbons (Fsp3) is 0. The minimum atomic E-state index is 1.22. The molecule has 10 aromatic carbocycles. The van der Waals surface area contributed by atoms with Crippen molar-refractivity contribution in [3.63, 3.8) is 0 Å². The second kappa shape index (κ2) is 10.7. The van der Waals surface area contributed by atoms with Crippen LogP contribution in [0.25, 0.3) is 98.0 Å². The van der Waals surface area contributed by atoms with Gasteiger partial charge in [-0.2, -0.15) is 0 Å². The smallest absolute Gasteiger partial charge is 0.00990 e. The number of hydrogen-bond donors (Lipinski definition) is 0. The molecular weight excluding hydrogens is 577 g/mol. The molecule has 0 heterocycles. The summed E-state index contributed by atoms with van der Waals surface area (Å²) >= 11 is 0. The summed E-state index contributed by atoms with van der Waals surface area (Å²) in [5, 5.41) is 15.3. The van der Waals surface area contributed by atoms with E-state index in [-0.39, 0.29) is 0 Å². The lowest BCUT2D eigenvalue weighted by molar-refractivity contribution is 1.61. The molecule has 0 spiro atoms. The summed E-state index contributed by atoms with van der Waals surface area (Å²) < 4.78 is 0. The van der Waals surface area contributed by atoms with E-state index in [2.05, 4.69) is 182 Å². The molecule has 10 aromatic rings. The molecule has 0 bridgehead atoms. The molecular formula is C48H30. The van der Waals surface area contributed by atoms with Gasteiger partial charge in [-0.1, -0.05) is 164 Å². The van der Waals surface area contributed by atoms with E-state index in [1.54, 1.807) is 0 Å². The molecule has 0 aliphatic carbocycles. The highest BCUT2D eigenvalue weighted by atomic mass is 14.2. The number of benzene rings is 10. The van der Waals surface area contributed by atoms with Crippen LogP contribution in [0.2, 0.25) is 0 Å². The summed E-state index contributed by atoms with van der Waals surface area (Å²) in [6, 6.07) is 67.3. The fourth-order valence-electron chi connectivity index (χ4n) is 7.97. The van der Waals surface area contributed by atoms with Crippen LogP contribution in [0.5, 0.6) is 0 Å². The van der Waals surface area contributed by atoms with Crippen LogP contribution in [0.15, 0.2) is 182 Å². The average molecular weight is 607 g/mol. The van der Waals surface area contributed by atoms with Crippen molar-refractivity contribution in [1.29, 1.82) is 0 Å². The molecule has 0 aliphatic rings. The molecule has 48 heavy (non-hydrogen) atoms. The monoisotopic (exact) mass is 606 g/mol. The highest BCUT2D eigenvalue weighted by Crippen LogP contribution is 2.42. The average Bonchev–Trinajstić information content (AvgIpc) is 3.16. The molecule has 0 saturated carbocycles. The lowest BCUT2D eigenvalue weighted by atomic mass is 9.87. The Morgan fingerprint density at radius 3 is 0.812 bits per heavy atom. The standard InChI is InChI=1S/C48H30/c1-4-13-37-31(10-1)22-25-46-40(16-7-19-43(37)46)34-28-35(41-17-8-20-44-38-14-5-2-11-32(38)23-26-47(41)44)30-36(29-34)42-18-9-21-45-39-15-6-3-12-33(39)24-27-48(42)45/h1-30H. The van der Waals surface area contributed by atoms with E-state index in [0.29, 0.717) is 0 Å². The first kappa shape index (κ1) is 26.9. The van der Waals surface area contributed by atoms with E-state index in [4.69, 9.17) is 0 Å². The Kier molecular flexibility index (Phi) is 5.98. The van der Waals surface area contributed by atoms with Gasteiger partial charge >= 0.3 is 0 Å². The molecule has 0 aliphatic heterocycles. The van der Waals surface area contributed by atoms with Crippen LogP contribution in [-0.4, -0.2) is 0 Å². The predicted molar refractivity (Wildman–Crippen MR) is 208 cm³/mol. The maximum absolute atomic E-state index is 2.40. The van der Waals surface area contributed by atoms with Gasteiger partial charge in [0.05, 0.1) is 0 Å². The number of rotatable bonds is 3. The molecule has 0 unspecified atom stereocenters. The van der Waals surface area contributed by atoms with Crippen LogP contribution < -0.4 is 0 Å². The first-order valence-electron chi connectivity index (χ1n) is 16.7. The second-order valence-corrected chi connectivity index (χ2v) is 12.9. The van der Waals surface area contributed by atoms with Crippen LogP contribution in [0.4, 0.5) is 0 Å². The third kappa shape index (κ3) is 4.16. The van der Waals surface area contributed by atoms with Gasteiger partial charge in [0.15, 0.2) is 0 Å². The first-order chi connectivity index (χ1) is 23.8. The van der Waals surface area contributed by atoms with Crippen LogP contribution in [0, 0.1) is 0 Å². The number of fused-ring (bicyclic) bond motifs is 9. The molecule has 0 fully saturated rings. The van der Waals surface area contributed by atoms with E-state index in [1.165, 1.54) is 98.0 Å².